The Morgan fingerprint density at radius 1 is 1.58 bits per heavy atom. The number of nitrogens with zero attached hydrogens (tertiary/aromatic N) is 3. The van der Waals surface area contributed by atoms with Crippen LogP contribution in [0.4, 0.5) is 5.82 Å². The molecule has 1 fully saturated rings. The van der Waals surface area contributed by atoms with Gasteiger partial charge >= 0.3 is 5.97 Å². The summed E-state index contributed by atoms with van der Waals surface area (Å²) in [5.41, 5.74) is 6.56. The predicted octanol–water partition coefficient (Wildman–Crippen LogP) is -0.357. The molecule has 0 aliphatic carbocycles. The summed E-state index contributed by atoms with van der Waals surface area (Å²) < 4.78 is 12.6. The Hall–Kier alpha value is -2.08. The van der Waals surface area contributed by atoms with Crippen LogP contribution in [0, 0.1) is 4.77 Å². The van der Waals surface area contributed by atoms with E-state index in [0.29, 0.717) is 11.2 Å². The molecule has 0 aromatic carbocycles. The number of anilines is 1. The molecule has 0 bridgehead atoms. The van der Waals surface area contributed by atoms with Crippen molar-refractivity contribution in [2.75, 3.05) is 12.3 Å². The Labute approximate surface area is 141 Å². The van der Waals surface area contributed by atoms with Crippen molar-refractivity contribution in [2.24, 2.45) is 0 Å². The summed E-state index contributed by atoms with van der Waals surface area (Å²) in [6.45, 7) is 1.19. The molecular formula is C13H17N5O5S. The van der Waals surface area contributed by atoms with Crippen molar-refractivity contribution in [1.82, 2.24) is 19.5 Å². The predicted molar refractivity (Wildman–Crippen MR) is 84.3 cm³/mol. The number of aliphatic hydroxyl groups is 2. The molecule has 0 spiro atoms. The van der Waals surface area contributed by atoms with E-state index in [1.807, 2.05) is 0 Å². The van der Waals surface area contributed by atoms with E-state index in [1.165, 1.54) is 10.9 Å². The summed E-state index contributed by atoms with van der Waals surface area (Å²) in [6, 6.07) is 0. The number of carbonyl (C=O) groups is 1. The molecule has 0 unspecified atom stereocenters. The van der Waals surface area contributed by atoms with Crippen LogP contribution in [0.25, 0.3) is 11.2 Å². The highest BCUT2D eigenvalue weighted by Gasteiger charge is 2.47. The van der Waals surface area contributed by atoms with Gasteiger partial charge in [-0.1, -0.05) is 6.92 Å². The van der Waals surface area contributed by atoms with Crippen molar-refractivity contribution in [3.8, 4) is 0 Å². The number of hydrogen-bond acceptors (Lipinski definition) is 9. The molecule has 0 saturated carbocycles. The molecule has 130 valence electrons. The highest BCUT2D eigenvalue weighted by Crippen LogP contribution is 2.34. The molecule has 0 radical (unpaired) electrons. The van der Waals surface area contributed by atoms with Crippen molar-refractivity contribution in [3.63, 3.8) is 0 Å². The normalized spacial score (nSPS) is 26.8. The molecule has 4 atom stereocenters. The van der Waals surface area contributed by atoms with Gasteiger partial charge in [0.1, 0.15) is 24.1 Å². The zero-order valence-corrected chi connectivity index (χ0v) is 13.6. The number of hydrogen-bond donors (Lipinski definition) is 4. The van der Waals surface area contributed by atoms with Crippen molar-refractivity contribution in [2.45, 2.75) is 37.9 Å². The SMILES string of the molecule is CCC(=O)O[C@@H]1[C@H](O)[C@@H](CO)O[C@H]1n1c(=S)[nH]c2c(N)ncnc21. The van der Waals surface area contributed by atoms with Crippen LogP contribution >= 0.6 is 12.2 Å². The third kappa shape index (κ3) is 2.65. The van der Waals surface area contributed by atoms with Gasteiger partial charge in [0.25, 0.3) is 0 Å². The van der Waals surface area contributed by atoms with E-state index < -0.39 is 37.1 Å². The number of rotatable bonds is 4. The standard InChI is InChI=1S/C13H17N5O5S/c1-2-6(20)23-9-8(21)5(3-19)22-12(9)18-11-7(17-13(18)24)10(14)15-4-16-11/h4-5,8-9,12,19,21H,2-3H2,1H3,(H,17,24)(H2,14,15,16)/t5-,8-,9-,12-/m1/s1. The highest BCUT2D eigenvalue weighted by atomic mass is 32.1. The lowest BCUT2D eigenvalue weighted by Gasteiger charge is -2.21. The van der Waals surface area contributed by atoms with E-state index in [-0.39, 0.29) is 17.0 Å². The average molecular weight is 355 g/mol. The maximum absolute atomic E-state index is 11.7. The fourth-order valence-electron chi connectivity index (χ4n) is 2.63. The first-order valence-corrected chi connectivity index (χ1v) is 7.73. The summed E-state index contributed by atoms with van der Waals surface area (Å²) in [5.74, 6) is -0.309. The lowest BCUT2D eigenvalue weighted by atomic mass is 10.1. The van der Waals surface area contributed by atoms with Gasteiger partial charge in [0.15, 0.2) is 28.6 Å². The van der Waals surface area contributed by atoms with Crippen molar-refractivity contribution in [1.29, 1.82) is 0 Å². The molecule has 1 aliphatic heterocycles. The number of carbonyl (C=O) groups excluding carboxylic acids is 1. The summed E-state index contributed by atoms with van der Waals surface area (Å²) >= 11 is 5.28. The molecule has 1 saturated heterocycles. The number of esters is 1. The van der Waals surface area contributed by atoms with Gasteiger partial charge in [-0.25, -0.2) is 9.97 Å². The molecule has 0 amide bonds. The second kappa shape index (κ2) is 6.43. The molecule has 2 aromatic rings. The number of aromatic nitrogens is 4. The Morgan fingerprint density at radius 2 is 2.33 bits per heavy atom. The molecule has 3 heterocycles. The Morgan fingerprint density at radius 3 is 3.00 bits per heavy atom. The quantitative estimate of drug-likeness (QED) is 0.426. The van der Waals surface area contributed by atoms with Gasteiger partial charge in [0.05, 0.1) is 6.61 Å². The molecule has 11 heteroatoms. The van der Waals surface area contributed by atoms with E-state index >= 15 is 0 Å². The maximum Gasteiger partial charge on any atom is 0.306 e. The number of nitrogens with two attached hydrogens (primary N) is 1. The zero-order valence-electron chi connectivity index (χ0n) is 12.7. The van der Waals surface area contributed by atoms with Gasteiger partial charge in [-0.2, -0.15) is 0 Å². The van der Waals surface area contributed by atoms with Gasteiger partial charge < -0.3 is 30.4 Å². The lowest BCUT2D eigenvalue weighted by molar-refractivity contribution is -0.158. The van der Waals surface area contributed by atoms with E-state index in [9.17, 15) is 15.0 Å². The van der Waals surface area contributed by atoms with Crippen molar-refractivity contribution >= 4 is 35.2 Å². The van der Waals surface area contributed by atoms with Gasteiger partial charge in [0.2, 0.25) is 0 Å². The Bertz CT molecular complexity index is 821. The Kier molecular flexibility index (Phi) is 4.49. The van der Waals surface area contributed by atoms with Crippen molar-refractivity contribution in [3.05, 3.63) is 11.1 Å². The molecule has 24 heavy (non-hydrogen) atoms. The monoisotopic (exact) mass is 355 g/mol. The second-order valence-corrected chi connectivity index (χ2v) is 5.69. The first kappa shape index (κ1) is 16.8. The third-order valence-electron chi connectivity index (χ3n) is 3.84. The average Bonchev–Trinajstić information content (AvgIpc) is 3.05. The van der Waals surface area contributed by atoms with Crippen LogP contribution in [0.2, 0.25) is 0 Å². The number of nitrogens with one attached hydrogen (secondary N) is 1. The summed E-state index contributed by atoms with van der Waals surface area (Å²) in [4.78, 5) is 22.6. The van der Waals surface area contributed by atoms with Crippen LogP contribution in [0.3, 0.4) is 0 Å². The molecule has 3 rings (SSSR count). The number of H-pyrrole nitrogens is 1. The minimum absolute atomic E-state index is 0.133. The van der Waals surface area contributed by atoms with Crippen LogP contribution in [0.1, 0.15) is 19.6 Å². The second-order valence-electron chi connectivity index (χ2n) is 5.30. The number of aliphatic hydroxyl groups excluding tert-OH is 2. The molecule has 2 aromatic heterocycles. The number of ether oxygens (including phenoxy) is 2. The number of imidazole rings is 1. The maximum atomic E-state index is 11.7. The number of nitrogen functional groups attached to an aromatic ring is 1. The van der Waals surface area contributed by atoms with Crippen LogP contribution in [-0.4, -0.2) is 60.6 Å². The van der Waals surface area contributed by atoms with Gasteiger partial charge in [-0.3, -0.25) is 9.36 Å². The third-order valence-corrected chi connectivity index (χ3v) is 4.14. The summed E-state index contributed by atoms with van der Waals surface area (Å²) in [6.07, 6.45) is -2.73. The Balaban J connectivity index is 2.09. The largest absolute Gasteiger partial charge is 0.455 e. The van der Waals surface area contributed by atoms with Gasteiger partial charge in [-0.15, -0.1) is 0 Å². The number of fused-ring (bicyclic) bond motifs is 1. The van der Waals surface area contributed by atoms with E-state index in [1.54, 1.807) is 6.92 Å². The molecule has 10 nitrogen and oxygen atoms in total. The smallest absolute Gasteiger partial charge is 0.306 e. The van der Waals surface area contributed by atoms with Crippen LogP contribution in [0.15, 0.2) is 6.33 Å². The minimum Gasteiger partial charge on any atom is -0.455 e. The van der Waals surface area contributed by atoms with E-state index in [4.69, 9.17) is 27.4 Å². The molecule has 1 aliphatic rings. The first-order valence-electron chi connectivity index (χ1n) is 7.32. The molecular weight excluding hydrogens is 338 g/mol. The van der Waals surface area contributed by atoms with Crippen LogP contribution in [0.5, 0.6) is 0 Å². The first-order chi connectivity index (χ1) is 11.5. The topological polar surface area (TPSA) is 149 Å². The van der Waals surface area contributed by atoms with Gasteiger partial charge in [0, 0.05) is 6.42 Å². The molecule has 5 N–H and O–H groups in total. The fourth-order valence-corrected chi connectivity index (χ4v) is 2.92. The lowest BCUT2D eigenvalue weighted by Crippen LogP contribution is -2.37. The van der Waals surface area contributed by atoms with Crippen LogP contribution < -0.4 is 5.73 Å². The van der Waals surface area contributed by atoms with Gasteiger partial charge in [-0.05, 0) is 12.2 Å². The summed E-state index contributed by atoms with van der Waals surface area (Å²) in [7, 11) is 0. The highest BCUT2D eigenvalue weighted by molar-refractivity contribution is 7.71. The van der Waals surface area contributed by atoms with Crippen molar-refractivity contribution < 1.29 is 24.5 Å². The van der Waals surface area contributed by atoms with E-state index in [2.05, 4.69) is 15.0 Å². The zero-order chi connectivity index (χ0) is 17.4. The van der Waals surface area contributed by atoms with E-state index in [0.717, 1.165) is 0 Å². The number of aromatic amines is 1. The summed E-state index contributed by atoms with van der Waals surface area (Å²) in [5, 5.41) is 19.7. The fraction of sp³-hybridized carbons (Fsp3) is 0.538. The minimum atomic E-state index is -1.21. The van der Waals surface area contributed by atoms with Crippen LogP contribution in [-0.2, 0) is 14.3 Å².